The Hall–Kier alpha value is -1.98. The van der Waals surface area contributed by atoms with Gasteiger partial charge in [0.25, 0.3) is 0 Å². The van der Waals surface area contributed by atoms with Crippen molar-refractivity contribution in [3.63, 3.8) is 0 Å². The van der Waals surface area contributed by atoms with Gasteiger partial charge in [-0.15, -0.1) is 0 Å². The van der Waals surface area contributed by atoms with Gasteiger partial charge in [0, 0.05) is 9.85 Å². The van der Waals surface area contributed by atoms with E-state index in [2.05, 4.69) is 0 Å². The lowest BCUT2D eigenvalue weighted by Gasteiger charge is -2.07. The number of hydrogen-bond donors (Lipinski definition) is 0. The first-order valence-electron chi connectivity index (χ1n) is 5.38. The Kier molecular flexibility index (Phi) is 7.25. The van der Waals surface area contributed by atoms with Gasteiger partial charge in [-0.3, -0.25) is 20.2 Å². The van der Waals surface area contributed by atoms with Crippen LogP contribution in [0.2, 0.25) is 0 Å². The van der Waals surface area contributed by atoms with Crippen LogP contribution >= 0.6 is 0 Å². The highest BCUT2D eigenvalue weighted by molar-refractivity contribution is 5.19. The SMILES string of the molecule is CC.O=[N+]([O-])CC(C[N+](=O)[O-])c1ccccc1. The molecule has 17 heavy (non-hydrogen) atoms. The molecule has 0 heterocycles. The molecule has 1 aromatic carbocycles. The zero-order chi connectivity index (χ0) is 13.3. The number of benzene rings is 1. The molecule has 1 aromatic rings. The lowest BCUT2D eigenvalue weighted by atomic mass is 10.00. The zero-order valence-corrected chi connectivity index (χ0v) is 9.91. The van der Waals surface area contributed by atoms with Gasteiger partial charge in [-0.05, 0) is 5.56 Å². The van der Waals surface area contributed by atoms with Crippen LogP contribution in [0.5, 0.6) is 0 Å². The largest absolute Gasteiger partial charge is 0.265 e. The van der Waals surface area contributed by atoms with Crippen LogP contribution in [0.3, 0.4) is 0 Å². The Morgan fingerprint density at radius 1 is 1.00 bits per heavy atom. The van der Waals surface area contributed by atoms with Gasteiger partial charge in [-0.25, -0.2) is 0 Å². The number of hydrogen-bond acceptors (Lipinski definition) is 4. The fraction of sp³-hybridized carbons (Fsp3) is 0.455. The maximum atomic E-state index is 10.3. The molecule has 6 nitrogen and oxygen atoms in total. The summed E-state index contributed by atoms with van der Waals surface area (Å²) in [6.45, 7) is 3.18. The van der Waals surface area contributed by atoms with Crippen molar-refractivity contribution in [3.8, 4) is 0 Å². The molecule has 0 saturated carbocycles. The molecule has 0 aliphatic heterocycles. The van der Waals surface area contributed by atoms with E-state index in [1.807, 2.05) is 13.8 Å². The molecule has 0 N–H and O–H groups in total. The Bertz CT molecular complexity index is 338. The van der Waals surface area contributed by atoms with Crippen LogP contribution in [0.25, 0.3) is 0 Å². The molecule has 0 spiro atoms. The van der Waals surface area contributed by atoms with Gasteiger partial charge in [-0.1, -0.05) is 44.2 Å². The number of nitrogens with zero attached hydrogens (tertiary/aromatic N) is 2. The summed E-state index contributed by atoms with van der Waals surface area (Å²) in [5.41, 5.74) is 0.630. The molecule has 0 saturated heterocycles. The van der Waals surface area contributed by atoms with Crippen molar-refractivity contribution in [1.82, 2.24) is 0 Å². The normalized spacial score (nSPS) is 9.35. The minimum atomic E-state index is -0.656. The van der Waals surface area contributed by atoms with Gasteiger partial charge in [0.05, 0.1) is 0 Å². The van der Waals surface area contributed by atoms with Crippen LogP contribution in [0.15, 0.2) is 30.3 Å². The highest BCUT2D eigenvalue weighted by atomic mass is 16.6. The number of rotatable bonds is 5. The Morgan fingerprint density at radius 3 is 1.76 bits per heavy atom. The second-order valence-electron chi connectivity index (χ2n) is 3.14. The highest BCUT2D eigenvalue weighted by Crippen LogP contribution is 2.15. The maximum Gasteiger partial charge on any atom is 0.217 e. The minimum Gasteiger partial charge on any atom is -0.265 e. The van der Waals surface area contributed by atoms with E-state index in [4.69, 9.17) is 0 Å². The van der Waals surface area contributed by atoms with Crippen LogP contribution < -0.4 is 0 Å². The summed E-state index contributed by atoms with van der Waals surface area (Å²) >= 11 is 0. The second kappa shape index (κ2) is 8.20. The molecule has 0 aliphatic carbocycles. The van der Waals surface area contributed by atoms with E-state index in [1.54, 1.807) is 30.3 Å². The van der Waals surface area contributed by atoms with Crippen LogP contribution in [0.4, 0.5) is 0 Å². The van der Waals surface area contributed by atoms with Crippen LogP contribution in [-0.2, 0) is 0 Å². The number of nitro groups is 2. The topological polar surface area (TPSA) is 86.3 Å². The van der Waals surface area contributed by atoms with Crippen molar-refractivity contribution in [2.45, 2.75) is 19.8 Å². The predicted octanol–water partition coefficient (Wildman–Crippen LogP) is 2.35. The molecule has 0 atom stereocenters. The third kappa shape index (κ3) is 6.24. The fourth-order valence-corrected chi connectivity index (χ4v) is 1.35. The van der Waals surface area contributed by atoms with Crippen molar-refractivity contribution < 1.29 is 9.85 Å². The molecule has 0 fully saturated rings. The zero-order valence-electron chi connectivity index (χ0n) is 9.91. The first-order valence-corrected chi connectivity index (χ1v) is 5.38. The molecule has 0 aromatic heterocycles. The molecule has 1 rings (SSSR count). The molecule has 0 aliphatic rings. The smallest absolute Gasteiger partial charge is 0.217 e. The maximum absolute atomic E-state index is 10.3. The van der Waals surface area contributed by atoms with Gasteiger partial charge in [-0.2, -0.15) is 0 Å². The van der Waals surface area contributed by atoms with Crippen molar-refractivity contribution >= 4 is 0 Å². The van der Waals surface area contributed by atoms with E-state index in [0.29, 0.717) is 5.56 Å². The van der Waals surface area contributed by atoms with Gasteiger partial charge in [0.2, 0.25) is 13.1 Å². The summed E-state index contributed by atoms with van der Waals surface area (Å²) in [5, 5.41) is 20.7. The average molecular weight is 240 g/mol. The van der Waals surface area contributed by atoms with Gasteiger partial charge >= 0.3 is 0 Å². The lowest BCUT2D eigenvalue weighted by molar-refractivity contribution is -0.516. The molecular formula is C11H16N2O4. The molecule has 94 valence electrons. The third-order valence-corrected chi connectivity index (χ3v) is 2.01. The summed E-state index contributed by atoms with van der Waals surface area (Å²) in [7, 11) is 0. The minimum absolute atomic E-state index is 0.412. The third-order valence-electron chi connectivity index (χ3n) is 2.01. The van der Waals surface area contributed by atoms with Gasteiger partial charge in [0.1, 0.15) is 5.92 Å². The lowest BCUT2D eigenvalue weighted by Crippen LogP contribution is -2.20. The monoisotopic (exact) mass is 240 g/mol. The van der Waals surface area contributed by atoms with Gasteiger partial charge in [0.15, 0.2) is 0 Å². The van der Waals surface area contributed by atoms with E-state index >= 15 is 0 Å². The van der Waals surface area contributed by atoms with Crippen LogP contribution in [-0.4, -0.2) is 22.9 Å². The predicted molar refractivity (Wildman–Crippen MR) is 64.3 cm³/mol. The quantitative estimate of drug-likeness (QED) is 0.583. The Labute approximate surface area is 99.6 Å². The summed E-state index contributed by atoms with van der Waals surface area (Å²) in [6.07, 6.45) is 0. The summed E-state index contributed by atoms with van der Waals surface area (Å²) < 4.78 is 0. The van der Waals surface area contributed by atoms with E-state index in [1.165, 1.54) is 0 Å². The highest BCUT2D eigenvalue weighted by Gasteiger charge is 2.22. The van der Waals surface area contributed by atoms with Crippen molar-refractivity contribution in [2.75, 3.05) is 13.1 Å². The van der Waals surface area contributed by atoms with E-state index in [0.717, 1.165) is 0 Å². The Balaban J connectivity index is 0.00000121. The first kappa shape index (κ1) is 15.0. The van der Waals surface area contributed by atoms with Crippen molar-refractivity contribution in [2.24, 2.45) is 0 Å². The van der Waals surface area contributed by atoms with Crippen LogP contribution in [0.1, 0.15) is 25.3 Å². The van der Waals surface area contributed by atoms with Crippen molar-refractivity contribution in [3.05, 3.63) is 56.1 Å². The fourth-order valence-electron chi connectivity index (χ4n) is 1.35. The summed E-state index contributed by atoms with van der Waals surface area (Å²) in [5.74, 6) is -0.656. The van der Waals surface area contributed by atoms with Crippen LogP contribution in [0, 0.1) is 20.2 Å². The van der Waals surface area contributed by atoms with E-state index in [-0.39, 0.29) is 0 Å². The molecule has 6 heteroatoms. The summed E-state index contributed by atoms with van der Waals surface area (Å²) in [6, 6.07) is 8.51. The first-order chi connectivity index (χ1) is 8.09. The van der Waals surface area contributed by atoms with E-state index in [9.17, 15) is 20.2 Å². The summed E-state index contributed by atoms with van der Waals surface area (Å²) in [4.78, 5) is 19.6. The molecular weight excluding hydrogens is 224 g/mol. The van der Waals surface area contributed by atoms with Crippen molar-refractivity contribution in [1.29, 1.82) is 0 Å². The molecule has 0 amide bonds. The van der Waals surface area contributed by atoms with E-state index < -0.39 is 28.9 Å². The Morgan fingerprint density at radius 2 is 1.41 bits per heavy atom. The van der Waals surface area contributed by atoms with Gasteiger partial charge < -0.3 is 0 Å². The average Bonchev–Trinajstić information content (AvgIpc) is 2.31. The standard InChI is InChI=1S/C9H10N2O4.C2H6/c12-10(13)6-9(7-11(14)15)8-4-2-1-3-5-8;1-2/h1-5,9H,6-7H2;1-2H3. The molecule has 0 bridgehead atoms. The molecule has 0 unspecified atom stereocenters. The second-order valence-corrected chi connectivity index (χ2v) is 3.14. The molecule has 0 radical (unpaired) electrons.